The summed E-state index contributed by atoms with van der Waals surface area (Å²) in [6.07, 6.45) is 2.08. The van der Waals surface area contributed by atoms with Gasteiger partial charge in [0.1, 0.15) is 0 Å². The molecule has 0 spiro atoms. The Kier molecular flexibility index (Phi) is 6.44. The smallest absolute Gasteiger partial charge is 0.319 e. The van der Waals surface area contributed by atoms with Gasteiger partial charge in [0.25, 0.3) is 0 Å². The average Bonchev–Trinajstić information content (AvgIpc) is 3.10. The minimum absolute atomic E-state index is 0.0138. The van der Waals surface area contributed by atoms with Crippen LogP contribution in [-0.4, -0.2) is 46.6 Å². The molecule has 1 atom stereocenters. The molecule has 3 rings (SSSR count). The van der Waals surface area contributed by atoms with Crippen LogP contribution in [0.1, 0.15) is 36.9 Å². The summed E-state index contributed by atoms with van der Waals surface area (Å²) in [5.41, 5.74) is 0.691. The van der Waals surface area contributed by atoms with Gasteiger partial charge in [-0.2, -0.15) is 4.98 Å². The number of amides is 3. The van der Waals surface area contributed by atoms with Gasteiger partial charge < -0.3 is 20.1 Å². The third kappa shape index (κ3) is 5.53. The largest absolute Gasteiger partial charge is 0.342 e. The van der Waals surface area contributed by atoms with Crippen molar-refractivity contribution in [3.63, 3.8) is 0 Å². The molecule has 27 heavy (non-hydrogen) atoms. The second-order valence-corrected chi connectivity index (χ2v) is 7.41. The third-order valence-corrected chi connectivity index (χ3v) is 4.92. The molecule has 1 aromatic heterocycles. The molecule has 3 amide bonds. The van der Waals surface area contributed by atoms with Gasteiger partial charge in [0.15, 0.2) is 5.82 Å². The van der Waals surface area contributed by atoms with E-state index in [0.717, 1.165) is 17.3 Å². The van der Waals surface area contributed by atoms with Crippen LogP contribution in [0.3, 0.4) is 0 Å². The highest BCUT2D eigenvalue weighted by molar-refractivity contribution is 9.10. The maximum atomic E-state index is 12.4. The number of aryl methyl sites for hydroxylation is 1. The number of nitrogens with one attached hydrogen (secondary N) is 2. The van der Waals surface area contributed by atoms with Crippen LogP contribution in [-0.2, 0) is 4.79 Å². The zero-order valence-corrected chi connectivity index (χ0v) is 16.7. The minimum atomic E-state index is -0.331. The molecular formula is C18H22BrN5O3. The Hall–Kier alpha value is -2.42. The quantitative estimate of drug-likeness (QED) is 0.751. The van der Waals surface area contributed by atoms with Crippen molar-refractivity contribution in [2.75, 3.05) is 25.0 Å². The number of benzene rings is 1. The lowest BCUT2D eigenvalue weighted by atomic mass is 9.97. The van der Waals surface area contributed by atoms with Crippen LogP contribution in [0.15, 0.2) is 33.3 Å². The fourth-order valence-electron chi connectivity index (χ4n) is 3.03. The van der Waals surface area contributed by atoms with Crippen LogP contribution in [0.25, 0.3) is 0 Å². The Morgan fingerprint density at radius 2 is 2.11 bits per heavy atom. The molecule has 0 aliphatic carbocycles. The molecule has 1 aliphatic rings. The summed E-state index contributed by atoms with van der Waals surface area (Å²) in [6.45, 7) is 3.35. The first kappa shape index (κ1) is 19.3. The number of rotatable bonds is 5. The summed E-state index contributed by atoms with van der Waals surface area (Å²) in [4.78, 5) is 30.4. The number of aromatic nitrogens is 2. The van der Waals surface area contributed by atoms with E-state index >= 15 is 0 Å². The Morgan fingerprint density at radius 1 is 1.33 bits per heavy atom. The molecule has 1 saturated heterocycles. The molecule has 144 valence electrons. The normalized spacial score (nSPS) is 16.8. The van der Waals surface area contributed by atoms with Crippen LogP contribution < -0.4 is 10.6 Å². The molecule has 2 aromatic rings. The van der Waals surface area contributed by atoms with E-state index < -0.39 is 0 Å². The van der Waals surface area contributed by atoms with Crippen molar-refractivity contribution in [3.8, 4) is 0 Å². The molecule has 9 heteroatoms. The maximum Gasteiger partial charge on any atom is 0.319 e. The highest BCUT2D eigenvalue weighted by atomic mass is 79.9. The molecule has 1 aromatic carbocycles. The van der Waals surface area contributed by atoms with Gasteiger partial charge in [0.2, 0.25) is 11.8 Å². The van der Waals surface area contributed by atoms with Gasteiger partial charge in [-0.1, -0.05) is 21.1 Å². The summed E-state index contributed by atoms with van der Waals surface area (Å²) in [6, 6.07) is 6.94. The van der Waals surface area contributed by atoms with E-state index in [1.165, 1.54) is 0 Å². The summed E-state index contributed by atoms with van der Waals surface area (Å²) in [5, 5.41) is 9.26. The van der Waals surface area contributed by atoms with Crippen molar-refractivity contribution in [1.82, 2.24) is 20.4 Å². The van der Waals surface area contributed by atoms with Crippen LogP contribution >= 0.6 is 15.9 Å². The summed E-state index contributed by atoms with van der Waals surface area (Å²) in [5.74, 6) is 1.30. The first-order valence-electron chi connectivity index (χ1n) is 8.89. The highest BCUT2D eigenvalue weighted by Crippen LogP contribution is 2.25. The van der Waals surface area contributed by atoms with Crippen molar-refractivity contribution in [2.45, 2.75) is 32.1 Å². The number of carbonyl (C=O) groups excluding carboxylic acids is 2. The number of carbonyl (C=O) groups is 2. The second kappa shape index (κ2) is 8.98. The monoisotopic (exact) mass is 435 g/mol. The predicted molar refractivity (Wildman–Crippen MR) is 103 cm³/mol. The lowest BCUT2D eigenvalue weighted by Gasteiger charge is -2.31. The van der Waals surface area contributed by atoms with Gasteiger partial charge in [0, 0.05) is 36.2 Å². The number of hydrogen-bond donors (Lipinski definition) is 2. The Bertz CT molecular complexity index is 793. The number of anilines is 1. The fourth-order valence-corrected chi connectivity index (χ4v) is 3.30. The molecule has 0 radical (unpaired) electrons. The van der Waals surface area contributed by atoms with Gasteiger partial charge in [-0.15, -0.1) is 0 Å². The first-order chi connectivity index (χ1) is 13.0. The van der Waals surface area contributed by atoms with Gasteiger partial charge in [0.05, 0.1) is 5.92 Å². The Morgan fingerprint density at radius 3 is 2.81 bits per heavy atom. The number of nitrogens with zero attached hydrogens (tertiary/aromatic N) is 3. The average molecular weight is 436 g/mol. The van der Waals surface area contributed by atoms with Crippen molar-refractivity contribution in [2.24, 2.45) is 0 Å². The molecule has 2 N–H and O–H groups in total. The van der Waals surface area contributed by atoms with Crippen LogP contribution in [0.5, 0.6) is 0 Å². The SMILES string of the molecule is Cc1noc(C2CCCN(C(=O)CCNC(=O)Nc3ccc(Br)cc3)C2)n1. The van der Waals surface area contributed by atoms with Crippen molar-refractivity contribution >= 4 is 33.6 Å². The molecular weight excluding hydrogens is 414 g/mol. The second-order valence-electron chi connectivity index (χ2n) is 6.50. The van der Waals surface area contributed by atoms with E-state index in [-0.39, 0.29) is 30.8 Å². The summed E-state index contributed by atoms with van der Waals surface area (Å²) >= 11 is 3.34. The van der Waals surface area contributed by atoms with E-state index in [1.807, 2.05) is 17.0 Å². The lowest BCUT2D eigenvalue weighted by Crippen LogP contribution is -2.41. The topological polar surface area (TPSA) is 100 Å². The highest BCUT2D eigenvalue weighted by Gasteiger charge is 2.28. The van der Waals surface area contributed by atoms with Gasteiger partial charge in [-0.25, -0.2) is 4.79 Å². The molecule has 1 aliphatic heterocycles. The Labute approximate surface area is 165 Å². The van der Waals surface area contributed by atoms with E-state index in [2.05, 4.69) is 36.7 Å². The molecule has 0 bridgehead atoms. The van der Waals surface area contributed by atoms with E-state index in [9.17, 15) is 9.59 Å². The third-order valence-electron chi connectivity index (χ3n) is 4.39. The van der Waals surface area contributed by atoms with Crippen molar-refractivity contribution < 1.29 is 14.1 Å². The standard InChI is InChI=1S/C18H22BrN5O3/c1-12-21-17(27-23-12)13-3-2-10-24(11-13)16(25)8-9-20-18(26)22-15-6-4-14(19)5-7-15/h4-7,13H,2-3,8-11H2,1H3,(H2,20,22,26). The first-order valence-corrected chi connectivity index (χ1v) is 9.69. The van der Waals surface area contributed by atoms with Gasteiger partial charge in [-0.3, -0.25) is 4.79 Å². The molecule has 0 saturated carbocycles. The van der Waals surface area contributed by atoms with Crippen LogP contribution in [0, 0.1) is 6.92 Å². The van der Waals surface area contributed by atoms with Crippen LogP contribution in [0.4, 0.5) is 10.5 Å². The van der Waals surface area contributed by atoms with E-state index in [1.54, 1.807) is 19.1 Å². The lowest BCUT2D eigenvalue weighted by molar-refractivity contribution is -0.132. The van der Waals surface area contributed by atoms with E-state index in [4.69, 9.17) is 4.52 Å². The summed E-state index contributed by atoms with van der Waals surface area (Å²) < 4.78 is 6.18. The van der Waals surface area contributed by atoms with Crippen molar-refractivity contribution in [3.05, 3.63) is 40.5 Å². The fraction of sp³-hybridized carbons (Fsp3) is 0.444. The zero-order chi connectivity index (χ0) is 19.2. The van der Waals surface area contributed by atoms with Gasteiger partial charge >= 0.3 is 6.03 Å². The number of piperidine rings is 1. The zero-order valence-electron chi connectivity index (χ0n) is 15.1. The Balaban J connectivity index is 1.42. The minimum Gasteiger partial charge on any atom is -0.342 e. The maximum absolute atomic E-state index is 12.4. The predicted octanol–water partition coefficient (Wildman–Crippen LogP) is 3.06. The number of halogens is 1. The van der Waals surface area contributed by atoms with E-state index in [0.29, 0.717) is 30.5 Å². The summed E-state index contributed by atoms with van der Waals surface area (Å²) in [7, 11) is 0. The number of hydrogen-bond acceptors (Lipinski definition) is 5. The molecule has 1 unspecified atom stereocenters. The molecule has 8 nitrogen and oxygen atoms in total. The molecule has 1 fully saturated rings. The van der Waals surface area contributed by atoms with Crippen LogP contribution in [0.2, 0.25) is 0 Å². The number of likely N-dealkylation sites (tertiary alicyclic amines) is 1. The molecule has 2 heterocycles. The van der Waals surface area contributed by atoms with Crippen molar-refractivity contribution in [1.29, 1.82) is 0 Å². The van der Waals surface area contributed by atoms with Gasteiger partial charge in [-0.05, 0) is 44.0 Å². The number of urea groups is 1.